The summed E-state index contributed by atoms with van der Waals surface area (Å²) in [6, 6.07) is 8.91. The highest BCUT2D eigenvalue weighted by molar-refractivity contribution is 7.90. The van der Waals surface area contributed by atoms with Gasteiger partial charge in [0.25, 0.3) is 10.0 Å². The first-order valence-electron chi connectivity index (χ1n) is 11.6. The molecule has 202 valence electrons. The van der Waals surface area contributed by atoms with Crippen LogP contribution in [0.3, 0.4) is 0 Å². The van der Waals surface area contributed by atoms with Crippen molar-refractivity contribution in [3.05, 3.63) is 58.9 Å². The van der Waals surface area contributed by atoms with Crippen LogP contribution in [0.2, 0.25) is 5.02 Å². The normalized spacial score (nSPS) is 12.0. The fourth-order valence-electron chi connectivity index (χ4n) is 3.50. The summed E-state index contributed by atoms with van der Waals surface area (Å²) in [6.45, 7) is 5.18. The van der Waals surface area contributed by atoms with Gasteiger partial charge in [0.05, 0.1) is 22.8 Å². The first kappa shape index (κ1) is 28.8. The quantitative estimate of drug-likeness (QED) is 0.296. The zero-order valence-electron chi connectivity index (χ0n) is 20.8. The van der Waals surface area contributed by atoms with E-state index >= 15 is 0 Å². The van der Waals surface area contributed by atoms with Crippen LogP contribution in [0.1, 0.15) is 42.3 Å². The monoisotopic (exact) mass is 571 g/mol. The number of unbranched alkanes of at least 4 members (excludes halogenated alkanes) is 1. The number of amides is 1. The van der Waals surface area contributed by atoms with Gasteiger partial charge in [-0.3, -0.25) is 4.79 Å². The van der Waals surface area contributed by atoms with Crippen LogP contribution >= 0.6 is 11.6 Å². The topological polar surface area (TPSA) is 137 Å². The zero-order chi connectivity index (χ0) is 27.2. The van der Waals surface area contributed by atoms with E-state index < -0.39 is 31.7 Å². The molecule has 0 unspecified atom stereocenters. The van der Waals surface area contributed by atoms with Crippen molar-refractivity contribution in [2.45, 2.75) is 38.0 Å². The van der Waals surface area contributed by atoms with E-state index in [1.165, 1.54) is 37.6 Å². The van der Waals surface area contributed by atoms with Gasteiger partial charge in [0.2, 0.25) is 15.8 Å². The van der Waals surface area contributed by atoms with Crippen molar-refractivity contribution < 1.29 is 30.8 Å². The molecule has 2 N–H and O–H groups in total. The Morgan fingerprint density at radius 1 is 1.08 bits per heavy atom. The maximum atomic E-state index is 13.3. The van der Waals surface area contributed by atoms with Crippen molar-refractivity contribution in [1.82, 2.24) is 14.0 Å². The van der Waals surface area contributed by atoms with Gasteiger partial charge in [-0.05, 0) is 51.1 Å². The number of nitrogens with one attached hydrogen (secondary N) is 2. The zero-order valence-corrected chi connectivity index (χ0v) is 23.2. The van der Waals surface area contributed by atoms with Crippen molar-refractivity contribution in [1.29, 1.82) is 0 Å². The van der Waals surface area contributed by atoms with E-state index in [4.69, 9.17) is 20.8 Å². The Morgan fingerprint density at radius 3 is 2.41 bits per heavy atom. The largest absolute Gasteiger partial charge is 0.492 e. The van der Waals surface area contributed by atoms with Crippen molar-refractivity contribution >= 4 is 37.6 Å². The lowest BCUT2D eigenvalue weighted by atomic mass is 10.2. The number of carbonyl (C=O) groups excluding carboxylic acids is 1. The Kier molecular flexibility index (Phi) is 9.46. The van der Waals surface area contributed by atoms with Crippen LogP contribution in [0.4, 0.5) is 0 Å². The Bertz CT molecular complexity index is 1440. The number of carbonyl (C=O) groups is 1. The molecule has 10 nitrogen and oxygen atoms in total. The number of halogens is 1. The highest BCUT2D eigenvalue weighted by atomic mass is 35.5. The SMILES string of the molecule is CCCCNCCCS(=O)(=O)NC(=O)c1oc(-c2c(Cl)ccn2S(=O)(=O)c2ccc(C)cc2)cc1OC. The molecule has 0 atom stereocenters. The Labute approximate surface area is 222 Å². The molecule has 3 aromatic rings. The minimum Gasteiger partial charge on any atom is -0.492 e. The maximum absolute atomic E-state index is 13.3. The summed E-state index contributed by atoms with van der Waals surface area (Å²) >= 11 is 6.30. The summed E-state index contributed by atoms with van der Waals surface area (Å²) in [6.07, 6.45) is 3.60. The number of furan rings is 1. The van der Waals surface area contributed by atoms with Crippen LogP contribution < -0.4 is 14.8 Å². The van der Waals surface area contributed by atoms with E-state index in [9.17, 15) is 21.6 Å². The fourth-order valence-corrected chi connectivity index (χ4v) is 6.14. The average Bonchev–Trinajstić information content (AvgIpc) is 3.45. The lowest BCUT2D eigenvalue weighted by Gasteiger charge is -2.10. The lowest BCUT2D eigenvalue weighted by molar-refractivity contribution is 0.0951. The first-order chi connectivity index (χ1) is 17.5. The van der Waals surface area contributed by atoms with E-state index in [2.05, 4.69) is 12.2 Å². The van der Waals surface area contributed by atoms with Gasteiger partial charge >= 0.3 is 5.91 Å². The number of hydrogen-bond acceptors (Lipinski definition) is 8. The molecule has 0 radical (unpaired) electrons. The van der Waals surface area contributed by atoms with Crippen molar-refractivity contribution in [2.24, 2.45) is 0 Å². The van der Waals surface area contributed by atoms with Gasteiger partial charge in [-0.2, -0.15) is 0 Å². The Hall–Kier alpha value is -2.80. The second kappa shape index (κ2) is 12.2. The van der Waals surface area contributed by atoms with E-state index in [0.29, 0.717) is 13.0 Å². The molecule has 37 heavy (non-hydrogen) atoms. The van der Waals surface area contributed by atoms with E-state index in [1.807, 2.05) is 11.6 Å². The highest BCUT2D eigenvalue weighted by Crippen LogP contribution is 2.37. The number of aromatic nitrogens is 1. The van der Waals surface area contributed by atoms with Crippen LogP contribution in [0.15, 0.2) is 51.9 Å². The number of aryl methyl sites for hydroxylation is 1. The lowest BCUT2D eigenvalue weighted by Crippen LogP contribution is -2.33. The summed E-state index contributed by atoms with van der Waals surface area (Å²) in [7, 11) is -6.75. The number of rotatable bonds is 13. The van der Waals surface area contributed by atoms with Gasteiger partial charge < -0.3 is 14.5 Å². The van der Waals surface area contributed by atoms with Crippen molar-refractivity contribution in [3.63, 3.8) is 0 Å². The molecule has 1 amide bonds. The van der Waals surface area contributed by atoms with Gasteiger partial charge in [0.15, 0.2) is 11.5 Å². The highest BCUT2D eigenvalue weighted by Gasteiger charge is 2.29. The number of methoxy groups -OCH3 is 1. The molecule has 0 bridgehead atoms. The van der Waals surface area contributed by atoms with Gasteiger partial charge in [-0.1, -0.05) is 42.6 Å². The molecule has 0 saturated heterocycles. The fraction of sp³-hybridized carbons (Fsp3) is 0.375. The predicted octanol–water partition coefficient (Wildman–Crippen LogP) is 3.79. The van der Waals surface area contributed by atoms with E-state index in [1.54, 1.807) is 12.1 Å². The predicted molar refractivity (Wildman–Crippen MR) is 141 cm³/mol. The van der Waals surface area contributed by atoms with Gasteiger partial charge in [0.1, 0.15) is 5.69 Å². The Balaban J connectivity index is 1.85. The van der Waals surface area contributed by atoms with Gasteiger partial charge in [-0.15, -0.1) is 0 Å². The molecule has 2 aromatic heterocycles. The maximum Gasteiger partial charge on any atom is 0.304 e. The minimum absolute atomic E-state index is 0.0263. The first-order valence-corrected chi connectivity index (χ1v) is 15.1. The standard InChI is InChI=1S/C24H30ClN3O7S2/c1-4-5-12-26-13-6-15-36(30,31)27-24(29)23-21(34-3)16-20(35-23)22-19(25)11-14-28(22)37(32,33)18-9-7-17(2)8-10-18/h7-11,14,16,26H,4-6,12-13,15H2,1-3H3,(H,27,29). The second-order valence-electron chi connectivity index (χ2n) is 8.34. The third-order valence-corrected chi connectivity index (χ3v) is 8.78. The van der Waals surface area contributed by atoms with Crippen LogP contribution in [0.5, 0.6) is 5.75 Å². The number of benzene rings is 1. The van der Waals surface area contributed by atoms with Crippen LogP contribution in [-0.2, 0) is 20.0 Å². The van der Waals surface area contributed by atoms with Crippen molar-refractivity contribution in [3.8, 4) is 17.2 Å². The summed E-state index contributed by atoms with van der Waals surface area (Å²) in [5.74, 6) is -1.92. The average molecular weight is 572 g/mol. The molecule has 0 fully saturated rings. The van der Waals surface area contributed by atoms with Gasteiger partial charge in [-0.25, -0.2) is 25.5 Å². The summed E-state index contributed by atoms with van der Waals surface area (Å²) < 4.78 is 65.1. The molecular weight excluding hydrogens is 542 g/mol. The third kappa shape index (κ3) is 6.95. The second-order valence-corrected chi connectivity index (χ2v) is 12.4. The number of ether oxygens (including phenoxy) is 1. The number of hydrogen-bond donors (Lipinski definition) is 2. The molecule has 2 heterocycles. The number of nitrogens with zero attached hydrogens (tertiary/aromatic N) is 1. The molecule has 0 aliphatic carbocycles. The molecule has 0 aliphatic heterocycles. The molecule has 1 aromatic carbocycles. The van der Waals surface area contributed by atoms with Crippen LogP contribution in [0, 0.1) is 6.92 Å². The van der Waals surface area contributed by atoms with Crippen molar-refractivity contribution in [2.75, 3.05) is 26.0 Å². The van der Waals surface area contributed by atoms with E-state index in [-0.39, 0.29) is 32.9 Å². The molecule has 0 aliphatic rings. The van der Waals surface area contributed by atoms with Crippen LogP contribution in [-0.4, -0.2) is 52.7 Å². The third-order valence-electron chi connectivity index (χ3n) is 5.46. The summed E-state index contributed by atoms with van der Waals surface area (Å²) in [5, 5.41) is 3.18. The van der Waals surface area contributed by atoms with E-state index in [0.717, 1.165) is 28.9 Å². The number of sulfonamides is 1. The molecule has 3 rings (SSSR count). The molecule has 0 spiro atoms. The van der Waals surface area contributed by atoms with Gasteiger partial charge in [0, 0.05) is 12.3 Å². The Morgan fingerprint density at radius 2 is 1.76 bits per heavy atom. The molecular formula is C24H30ClN3O7S2. The smallest absolute Gasteiger partial charge is 0.304 e. The molecule has 13 heteroatoms. The van der Waals surface area contributed by atoms with Crippen LogP contribution in [0.25, 0.3) is 11.5 Å². The summed E-state index contributed by atoms with van der Waals surface area (Å²) in [4.78, 5) is 12.8. The summed E-state index contributed by atoms with van der Waals surface area (Å²) in [5.41, 5.74) is 0.847. The minimum atomic E-state index is -4.06. The molecule has 0 saturated carbocycles.